The first-order valence-corrected chi connectivity index (χ1v) is 17.0. The lowest BCUT2D eigenvalue weighted by molar-refractivity contribution is -0.137. The zero-order valence-corrected chi connectivity index (χ0v) is 30.4. The van der Waals surface area contributed by atoms with Gasteiger partial charge in [0.25, 0.3) is 11.8 Å². The molecule has 17 heteroatoms. The molecule has 1 aliphatic heterocycles. The van der Waals surface area contributed by atoms with Gasteiger partial charge >= 0.3 is 18.1 Å². The summed E-state index contributed by atoms with van der Waals surface area (Å²) in [4.78, 5) is 59.7. The van der Waals surface area contributed by atoms with Gasteiger partial charge < -0.3 is 34.1 Å². The molecule has 1 fully saturated rings. The van der Waals surface area contributed by atoms with E-state index in [1.165, 1.54) is 18.1 Å². The molecule has 0 saturated carbocycles. The summed E-state index contributed by atoms with van der Waals surface area (Å²) >= 11 is 0. The number of anilines is 1. The molecule has 2 aromatic carbocycles. The van der Waals surface area contributed by atoms with Gasteiger partial charge in [-0.2, -0.15) is 13.2 Å². The van der Waals surface area contributed by atoms with Gasteiger partial charge in [0.2, 0.25) is 5.88 Å². The standard InChI is InChI=1S/C35H33F3N6O4.C4H4O4/c1-41(33(45)23-4-6-25(7-5-23)35(36,37)38)27-9-13-32(40-20-27)48-28-11-12-30-24(18-28)19-31(42(30)2)34(46)44-16-14-43(15-17-44)22-26-8-10-29(47-3)21-39-26;5-3(6)1-2-4(7)8/h4-13,18-21H,14-17,22H2,1-3H3;1-2H,(H,5,6)(H,7,8). The van der Waals surface area contributed by atoms with Crippen LogP contribution in [0.4, 0.5) is 18.9 Å². The molecule has 0 spiro atoms. The van der Waals surface area contributed by atoms with Gasteiger partial charge in [0.15, 0.2) is 0 Å². The van der Waals surface area contributed by atoms with Gasteiger partial charge in [-0.3, -0.25) is 19.5 Å². The molecule has 5 aromatic rings. The molecule has 56 heavy (non-hydrogen) atoms. The fraction of sp³-hybridized carbons (Fsp3) is 0.231. The third kappa shape index (κ3) is 10.3. The van der Waals surface area contributed by atoms with Crippen LogP contribution in [0.15, 0.2) is 97.3 Å². The molecule has 2 N–H and O–H groups in total. The summed E-state index contributed by atoms with van der Waals surface area (Å²) in [5, 5.41) is 16.5. The van der Waals surface area contributed by atoms with Gasteiger partial charge in [-0.1, -0.05) is 0 Å². The monoisotopic (exact) mass is 774 g/mol. The molecule has 14 nitrogen and oxygen atoms in total. The maximum Gasteiger partial charge on any atom is 0.416 e. The van der Waals surface area contributed by atoms with E-state index in [0.29, 0.717) is 48.9 Å². The van der Waals surface area contributed by atoms with Gasteiger partial charge in [0, 0.05) is 81.5 Å². The maximum atomic E-state index is 13.5. The van der Waals surface area contributed by atoms with Crippen LogP contribution in [0.25, 0.3) is 10.9 Å². The zero-order chi connectivity index (χ0) is 40.6. The van der Waals surface area contributed by atoms with E-state index < -0.39 is 29.6 Å². The second kappa shape index (κ2) is 17.6. The number of fused-ring (bicyclic) bond motifs is 1. The fourth-order valence-corrected chi connectivity index (χ4v) is 5.73. The Hall–Kier alpha value is -6.75. The Labute approximate surface area is 318 Å². The minimum Gasteiger partial charge on any atom is -0.495 e. The highest BCUT2D eigenvalue weighted by Crippen LogP contribution is 2.30. The molecule has 4 heterocycles. The number of carboxylic acids is 2. The second-order valence-corrected chi connectivity index (χ2v) is 12.5. The summed E-state index contributed by atoms with van der Waals surface area (Å²) in [6.45, 7) is 3.41. The van der Waals surface area contributed by atoms with Gasteiger partial charge in [-0.15, -0.1) is 0 Å². The number of amides is 2. The number of aliphatic carboxylic acids is 2. The Balaban J connectivity index is 0.000000677. The number of carbonyl (C=O) groups excluding carboxylic acids is 2. The van der Waals surface area contributed by atoms with Crippen LogP contribution in [-0.4, -0.2) is 98.6 Å². The highest BCUT2D eigenvalue weighted by molar-refractivity contribution is 6.05. The Morgan fingerprint density at radius 1 is 0.839 bits per heavy atom. The van der Waals surface area contributed by atoms with Gasteiger partial charge in [-0.25, -0.2) is 14.6 Å². The molecule has 0 atom stereocenters. The van der Waals surface area contributed by atoms with Crippen molar-refractivity contribution in [3.8, 4) is 17.4 Å². The van der Waals surface area contributed by atoms with Crippen molar-refractivity contribution in [2.45, 2.75) is 12.7 Å². The van der Waals surface area contributed by atoms with Crippen molar-refractivity contribution < 1.29 is 52.0 Å². The number of piperazine rings is 1. The van der Waals surface area contributed by atoms with Crippen LogP contribution in [0, 0.1) is 0 Å². The Kier molecular flexibility index (Phi) is 12.7. The first-order valence-electron chi connectivity index (χ1n) is 17.0. The van der Waals surface area contributed by atoms with Crippen molar-refractivity contribution >= 4 is 40.3 Å². The molecule has 1 aliphatic rings. The summed E-state index contributed by atoms with van der Waals surface area (Å²) in [7, 11) is 4.99. The lowest BCUT2D eigenvalue weighted by Crippen LogP contribution is -2.48. The van der Waals surface area contributed by atoms with E-state index in [-0.39, 0.29) is 17.4 Å². The minimum absolute atomic E-state index is 0.0365. The third-order valence-corrected chi connectivity index (χ3v) is 8.77. The van der Waals surface area contributed by atoms with Crippen molar-refractivity contribution in [1.82, 2.24) is 24.3 Å². The number of nitrogens with zero attached hydrogens (tertiary/aromatic N) is 6. The van der Waals surface area contributed by atoms with E-state index in [4.69, 9.17) is 19.7 Å². The normalized spacial score (nSPS) is 13.2. The van der Waals surface area contributed by atoms with E-state index in [1.54, 1.807) is 31.5 Å². The van der Waals surface area contributed by atoms with Crippen LogP contribution in [0.5, 0.6) is 17.4 Å². The summed E-state index contributed by atoms with van der Waals surface area (Å²) in [5.74, 6) is -1.52. The molecule has 292 valence electrons. The number of aryl methyl sites for hydroxylation is 1. The molecule has 0 unspecified atom stereocenters. The van der Waals surface area contributed by atoms with E-state index in [0.717, 1.165) is 59.7 Å². The lowest BCUT2D eigenvalue weighted by atomic mass is 10.1. The molecule has 3 aromatic heterocycles. The molecular weight excluding hydrogens is 737 g/mol. The van der Waals surface area contributed by atoms with Gasteiger partial charge in [-0.05, 0) is 66.7 Å². The average Bonchev–Trinajstić information content (AvgIpc) is 3.52. The minimum atomic E-state index is -4.48. The number of aromatic nitrogens is 3. The topological polar surface area (TPSA) is 168 Å². The number of ether oxygens (including phenoxy) is 2. The van der Waals surface area contributed by atoms with E-state index in [1.807, 2.05) is 46.8 Å². The summed E-state index contributed by atoms with van der Waals surface area (Å²) in [5.41, 5.74) is 2.14. The number of carboxylic acid groups (broad SMARTS) is 2. The number of halogens is 3. The molecule has 0 aliphatic carbocycles. The number of hydrogen-bond acceptors (Lipinski definition) is 9. The molecule has 2 amide bonds. The highest BCUT2D eigenvalue weighted by atomic mass is 19.4. The van der Waals surface area contributed by atoms with Crippen LogP contribution in [0.1, 0.15) is 32.1 Å². The van der Waals surface area contributed by atoms with Crippen molar-refractivity contribution in [3.05, 3.63) is 120 Å². The Morgan fingerprint density at radius 3 is 2.05 bits per heavy atom. The SMILES string of the molecule is COc1ccc(CN2CCN(C(=O)c3cc4cc(Oc5ccc(N(C)C(=O)c6ccc(C(F)(F)F)cc6)cn5)ccc4n3C)CC2)nc1.O=C(O)C=CC(=O)O. The lowest BCUT2D eigenvalue weighted by Gasteiger charge is -2.34. The van der Waals surface area contributed by atoms with Crippen LogP contribution < -0.4 is 14.4 Å². The highest BCUT2D eigenvalue weighted by Gasteiger charge is 2.30. The van der Waals surface area contributed by atoms with E-state index >= 15 is 0 Å². The number of methoxy groups -OCH3 is 1. The van der Waals surface area contributed by atoms with Crippen molar-refractivity contribution in [2.24, 2.45) is 7.05 Å². The fourth-order valence-electron chi connectivity index (χ4n) is 5.73. The molecule has 6 rings (SSSR count). The van der Waals surface area contributed by atoms with Crippen molar-refractivity contribution in [2.75, 3.05) is 45.2 Å². The summed E-state index contributed by atoms with van der Waals surface area (Å²) in [6.07, 6.45) is -0.210. The number of rotatable bonds is 10. The number of benzene rings is 2. The summed E-state index contributed by atoms with van der Waals surface area (Å²) < 4.78 is 51.7. The van der Waals surface area contributed by atoms with Crippen LogP contribution >= 0.6 is 0 Å². The Morgan fingerprint density at radius 2 is 1.50 bits per heavy atom. The summed E-state index contributed by atoms with van der Waals surface area (Å²) in [6, 6.07) is 18.5. The van der Waals surface area contributed by atoms with Crippen molar-refractivity contribution in [3.63, 3.8) is 0 Å². The zero-order valence-electron chi connectivity index (χ0n) is 30.4. The number of hydrogen-bond donors (Lipinski definition) is 2. The number of alkyl halides is 3. The van der Waals surface area contributed by atoms with E-state index in [9.17, 15) is 32.3 Å². The maximum absolute atomic E-state index is 13.5. The largest absolute Gasteiger partial charge is 0.495 e. The third-order valence-electron chi connectivity index (χ3n) is 8.77. The van der Waals surface area contributed by atoms with Crippen LogP contribution in [0.2, 0.25) is 0 Å². The van der Waals surface area contributed by atoms with Crippen LogP contribution in [0.3, 0.4) is 0 Å². The Bertz CT molecular complexity index is 2200. The molecule has 0 radical (unpaired) electrons. The van der Waals surface area contributed by atoms with Gasteiger partial charge in [0.1, 0.15) is 17.2 Å². The quantitative estimate of drug-likeness (QED) is 0.166. The van der Waals surface area contributed by atoms with Crippen LogP contribution in [-0.2, 0) is 29.4 Å². The predicted octanol–water partition coefficient (Wildman–Crippen LogP) is 5.73. The number of pyridine rings is 2. The second-order valence-electron chi connectivity index (χ2n) is 12.5. The van der Waals surface area contributed by atoms with Crippen molar-refractivity contribution in [1.29, 1.82) is 0 Å². The average molecular weight is 775 g/mol. The molecular formula is C39H37F3N6O8. The van der Waals surface area contributed by atoms with Gasteiger partial charge in [0.05, 0.1) is 36.4 Å². The first kappa shape index (κ1) is 40.4. The molecule has 0 bridgehead atoms. The predicted molar refractivity (Wildman–Crippen MR) is 198 cm³/mol. The molecule has 1 saturated heterocycles. The van der Waals surface area contributed by atoms with E-state index in [2.05, 4.69) is 14.9 Å². The number of carbonyl (C=O) groups is 4. The smallest absolute Gasteiger partial charge is 0.416 e. The first-order chi connectivity index (χ1) is 26.6.